The van der Waals surface area contributed by atoms with E-state index < -0.39 is 5.41 Å². The van der Waals surface area contributed by atoms with E-state index in [0.717, 1.165) is 89.6 Å². The maximum atomic E-state index is 6.66. The summed E-state index contributed by atoms with van der Waals surface area (Å²) in [6, 6.07) is 74.7. The summed E-state index contributed by atoms with van der Waals surface area (Å²) < 4.78 is 6.66. The van der Waals surface area contributed by atoms with E-state index in [1.54, 1.807) is 0 Å². The topological polar surface area (TPSA) is 47.9 Å². The maximum absolute atomic E-state index is 6.66. The van der Waals surface area contributed by atoms with Crippen molar-refractivity contribution in [2.45, 2.75) is 5.41 Å². The van der Waals surface area contributed by atoms with E-state index in [-0.39, 0.29) is 0 Å². The molecule has 8 aromatic carbocycles. The SMILES string of the molecule is c1ccc(-c2cc(-c3ccccc3)nc(-c3cccc(-c4cccc(-c5nc6ccccc6c6c5-c5ccccc5C65c6ccccc6Oc6ccccc65)c4)c3)n2)cc1. The van der Waals surface area contributed by atoms with Crippen LogP contribution < -0.4 is 4.74 Å². The largest absolute Gasteiger partial charge is 0.457 e. The minimum Gasteiger partial charge on any atom is -0.457 e. The zero-order valence-corrected chi connectivity index (χ0v) is 32.5. The van der Waals surface area contributed by atoms with E-state index >= 15 is 0 Å². The smallest absolute Gasteiger partial charge is 0.160 e. The molecule has 0 saturated carbocycles. The molecular formula is C56H35N3O. The molecule has 0 unspecified atom stereocenters. The average molecular weight is 766 g/mol. The van der Waals surface area contributed by atoms with E-state index in [1.165, 1.54) is 16.7 Å². The molecule has 0 radical (unpaired) electrons. The van der Waals surface area contributed by atoms with Gasteiger partial charge in [0.1, 0.15) is 11.5 Å². The van der Waals surface area contributed by atoms with Crippen molar-refractivity contribution in [2.24, 2.45) is 0 Å². The lowest BCUT2D eigenvalue weighted by molar-refractivity contribution is 0.437. The molecule has 2 aromatic heterocycles. The number of fused-ring (bicyclic) bond motifs is 11. The van der Waals surface area contributed by atoms with Gasteiger partial charge in [-0.2, -0.15) is 0 Å². The van der Waals surface area contributed by atoms with Gasteiger partial charge in [0.15, 0.2) is 5.82 Å². The molecule has 10 aromatic rings. The van der Waals surface area contributed by atoms with Crippen LogP contribution in [-0.4, -0.2) is 15.0 Å². The number of hydrogen-bond acceptors (Lipinski definition) is 4. The van der Waals surface area contributed by atoms with Gasteiger partial charge in [0, 0.05) is 44.3 Å². The molecular weight excluding hydrogens is 731 g/mol. The Morgan fingerprint density at radius 1 is 0.367 bits per heavy atom. The van der Waals surface area contributed by atoms with Gasteiger partial charge in [0.25, 0.3) is 0 Å². The van der Waals surface area contributed by atoms with Crippen LogP contribution in [0.2, 0.25) is 0 Å². The molecule has 3 heterocycles. The van der Waals surface area contributed by atoms with Gasteiger partial charge in [-0.25, -0.2) is 15.0 Å². The standard InChI is InChI=1S/C56H35N3O/c1-3-17-36(18-4-1)48-35-49(37-19-5-2-6-20-37)59-55(58-48)41-24-16-22-39(34-41)38-21-15-23-40(33-38)54-52-42-25-7-9-27-44(42)56(53(52)43-26-8-12-30-47(43)57-54)45-28-10-13-31-50(45)60-51-32-14-11-29-46(51)56/h1-35H. The van der Waals surface area contributed by atoms with E-state index in [2.05, 4.69) is 176 Å². The predicted octanol–water partition coefficient (Wildman–Crippen LogP) is 13.8. The van der Waals surface area contributed by atoms with Crippen molar-refractivity contribution in [3.05, 3.63) is 235 Å². The second-order valence-corrected chi connectivity index (χ2v) is 15.5. The van der Waals surface area contributed by atoms with Crippen LogP contribution in [-0.2, 0) is 5.41 Å². The summed E-state index contributed by atoms with van der Waals surface area (Å²) in [6.07, 6.45) is 0. The van der Waals surface area contributed by atoms with E-state index in [0.29, 0.717) is 5.82 Å². The van der Waals surface area contributed by atoms with Gasteiger partial charge in [-0.05, 0) is 64.2 Å². The molecule has 280 valence electrons. The summed E-state index contributed by atoms with van der Waals surface area (Å²) >= 11 is 0. The normalized spacial score (nSPS) is 12.9. The third kappa shape index (κ3) is 5.21. The molecule has 1 aliphatic carbocycles. The highest BCUT2D eigenvalue weighted by atomic mass is 16.5. The Bertz CT molecular complexity index is 3200. The minimum atomic E-state index is -0.618. The second kappa shape index (κ2) is 13.6. The number of nitrogens with zero attached hydrogens (tertiary/aromatic N) is 3. The van der Waals surface area contributed by atoms with E-state index in [1.807, 2.05) is 36.4 Å². The minimum absolute atomic E-state index is 0.618. The quantitative estimate of drug-likeness (QED) is 0.175. The summed E-state index contributed by atoms with van der Waals surface area (Å²) in [5.41, 5.74) is 16.4. The van der Waals surface area contributed by atoms with Gasteiger partial charge < -0.3 is 4.74 Å². The van der Waals surface area contributed by atoms with Crippen LogP contribution in [0.4, 0.5) is 0 Å². The molecule has 0 amide bonds. The van der Waals surface area contributed by atoms with E-state index in [9.17, 15) is 0 Å². The summed E-state index contributed by atoms with van der Waals surface area (Å²) in [7, 11) is 0. The van der Waals surface area contributed by atoms with Crippen molar-refractivity contribution >= 4 is 10.9 Å². The lowest BCUT2D eigenvalue weighted by Gasteiger charge is -2.39. The Hall–Kier alpha value is -7.95. The van der Waals surface area contributed by atoms with Crippen molar-refractivity contribution in [1.82, 2.24) is 15.0 Å². The molecule has 0 atom stereocenters. The summed E-state index contributed by atoms with van der Waals surface area (Å²) in [5.74, 6) is 2.43. The Labute approximate surface area is 348 Å². The molecule has 1 aliphatic heterocycles. The van der Waals surface area contributed by atoms with Crippen LogP contribution in [0.25, 0.3) is 78.3 Å². The van der Waals surface area contributed by atoms with Crippen LogP contribution in [0.3, 0.4) is 0 Å². The molecule has 0 fully saturated rings. The molecule has 4 heteroatoms. The van der Waals surface area contributed by atoms with Gasteiger partial charge in [-0.1, -0.05) is 176 Å². The lowest BCUT2D eigenvalue weighted by atomic mass is 9.65. The molecule has 4 nitrogen and oxygen atoms in total. The van der Waals surface area contributed by atoms with Gasteiger partial charge in [0.05, 0.1) is 28.0 Å². The number of para-hydroxylation sites is 3. The number of ether oxygens (including phenoxy) is 1. The van der Waals surface area contributed by atoms with Gasteiger partial charge in [-0.3, -0.25) is 0 Å². The van der Waals surface area contributed by atoms with Crippen molar-refractivity contribution in [2.75, 3.05) is 0 Å². The summed E-state index contributed by atoms with van der Waals surface area (Å²) in [4.78, 5) is 15.8. The van der Waals surface area contributed by atoms with Crippen LogP contribution in [0.5, 0.6) is 11.5 Å². The van der Waals surface area contributed by atoms with Crippen molar-refractivity contribution < 1.29 is 4.74 Å². The first-order chi connectivity index (χ1) is 29.7. The van der Waals surface area contributed by atoms with Crippen LogP contribution in [0.1, 0.15) is 22.3 Å². The predicted molar refractivity (Wildman–Crippen MR) is 242 cm³/mol. The number of rotatable bonds is 5. The molecule has 2 aliphatic rings. The Morgan fingerprint density at radius 3 is 1.53 bits per heavy atom. The van der Waals surface area contributed by atoms with Crippen molar-refractivity contribution in [3.63, 3.8) is 0 Å². The monoisotopic (exact) mass is 765 g/mol. The van der Waals surface area contributed by atoms with Gasteiger partial charge >= 0.3 is 0 Å². The van der Waals surface area contributed by atoms with E-state index in [4.69, 9.17) is 19.7 Å². The highest BCUT2D eigenvalue weighted by molar-refractivity contribution is 6.04. The number of hydrogen-bond donors (Lipinski definition) is 0. The fraction of sp³-hybridized carbons (Fsp3) is 0.0179. The Balaban J connectivity index is 1.05. The zero-order chi connectivity index (χ0) is 39.6. The first kappa shape index (κ1) is 34.1. The average Bonchev–Trinajstić information content (AvgIpc) is 3.63. The van der Waals surface area contributed by atoms with Crippen LogP contribution in [0.15, 0.2) is 212 Å². The van der Waals surface area contributed by atoms with Crippen LogP contribution in [0, 0.1) is 0 Å². The molecule has 0 bridgehead atoms. The molecule has 1 spiro atoms. The molecule has 12 rings (SSSR count). The molecule has 60 heavy (non-hydrogen) atoms. The summed E-state index contributed by atoms with van der Waals surface area (Å²) in [5, 5.41) is 1.13. The Morgan fingerprint density at radius 2 is 0.867 bits per heavy atom. The zero-order valence-electron chi connectivity index (χ0n) is 32.5. The van der Waals surface area contributed by atoms with Crippen LogP contribution >= 0.6 is 0 Å². The highest BCUT2D eigenvalue weighted by Crippen LogP contribution is 2.64. The summed E-state index contributed by atoms with van der Waals surface area (Å²) in [6.45, 7) is 0. The first-order valence-corrected chi connectivity index (χ1v) is 20.4. The molecule has 0 saturated heterocycles. The van der Waals surface area contributed by atoms with Gasteiger partial charge in [-0.15, -0.1) is 0 Å². The third-order valence-electron chi connectivity index (χ3n) is 12.1. The number of benzene rings is 8. The fourth-order valence-corrected chi connectivity index (χ4v) is 9.56. The number of aromatic nitrogens is 3. The number of pyridine rings is 1. The molecule has 0 N–H and O–H groups in total. The third-order valence-corrected chi connectivity index (χ3v) is 12.1. The maximum Gasteiger partial charge on any atom is 0.160 e. The fourth-order valence-electron chi connectivity index (χ4n) is 9.56. The Kier molecular flexibility index (Phi) is 7.72. The van der Waals surface area contributed by atoms with Crippen molar-refractivity contribution in [3.8, 4) is 78.9 Å². The second-order valence-electron chi connectivity index (χ2n) is 15.5. The van der Waals surface area contributed by atoms with Gasteiger partial charge in [0.2, 0.25) is 0 Å². The van der Waals surface area contributed by atoms with Crippen molar-refractivity contribution in [1.29, 1.82) is 0 Å². The lowest BCUT2D eigenvalue weighted by Crippen LogP contribution is -2.32. The highest BCUT2D eigenvalue weighted by Gasteiger charge is 2.52. The first-order valence-electron chi connectivity index (χ1n) is 20.4.